The minimum absolute atomic E-state index is 0.110. The summed E-state index contributed by atoms with van der Waals surface area (Å²) in [5, 5.41) is 3.35. The lowest BCUT2D eigenvalue weighted by Crippen LogP contribution is -2.39. The van der Waals surface area contributed by atoms with Crippen molar-refractivity contribution in [3.05, 3.63) is 12.4 Å². The highest BCUT2D eigenvalue weighted by Gasteiger charge is 2.25. The van der Waals surface area contributed by atoms with Crippen LogP contribution >= 0.6 is 11.6 Å². The van der Waals surface area contributed by atoms with Gasteiger partial charge in [-0.1, -0.05) is 13.8 Å². The quantitative estimate of drug-likeness (QED) is 0.781. The molecule has 0 unspecified atom stereocenters. The van der Waals surface area contributed by atoms with E-state index in [-0.39, 0.29) is 5.54 Å². The van der Waals surface area contributed by atoms with Crippen molar-refractivity contribution < 1.29 is 4.74 Å². The summed E-state index contributed by atoms with van der Waals surface area (Å²) in [7, 11) is 1.58. The van der Waals surface area contributed by atoms with Gasteiger partial charge in [0.1, 0.15) is 12.1 Å². The number of aromatic nitrogens is 2. The highest BCUT2D eigenvalue weighted by atomic mass is 35.5. The Morgan fingerprint density at radius 2 is 2.06 bits per heavy atom. The Bertz CT molecular complexity index is 320. The zero-order valence-corrected chi connectivity index (χ0v) is 10.7. The average Bonchev–Trinajstić information content (AvgIpc) is 2.36. The number of ether oxygens (including phenoxy) is 1. The molecule has 0 amide bonds. The summed E-state index contributed by atoms with van der Waals surface area (Å²) in [6, 6.07) is 1.77. The van der Waals surface area contributed by atoms with E-state index in [4.69, 9.17) is 16.3 Å². The zero-order chi connectivity index (χ0) is 12.0. The normalized spacial score (nSPS) is 11.2. The SMILES string of the molecule is CCC(CC)(CCl)Nc1cc(OC)ncn1. The van der Waals surface area contributed by atoms with Crippen LogP contribution in [0, 0.1) is 0 Å². The summed E-state index contributed by atoms with van der Waals surface area (Å²) in [6.07, 6.45) is 3.37. The minimum atomic E-state index is -0.110. The Kier molecular flexibility index (Phi) is 4.80. The summed E-state index contributed by atoms with van der Waals surface area (Å²) < 4.78 is 5.05. The van der Waals surface area contributed by atoms with E-state index in [9.17, 15) is 0 Å². The number of halogens is 1. The Morgan fingerprint density at radius 3 is 2.56 bits per heavy atom. The molecule has 0 saturated carbocycles. The van der Waals surface area contributed by atoms with E-state index in [2.05, 4.69) is 29.1 Å². The van der Waals surface area contributed by atoms with Gasteiger partial charge in [-0.3, -0.25) is 0 Å². The lowest BCUT2D eigenvalue weighted by Gasteiger charge is -2.31. The maximum absolute atomic E-state index is 6.01. The summed E-state index contributed by atoms with van der Waals surface area (Å²) in [5.74, 6) is 1.84. The molecule has 0 aliphatic heterocycles. The van der Waals surface area contributed by atoms with Gasteiger partial charge >= 0.3 is 0 Å². The van der Waals surface area contributed by atoms with E-state index in [0.29, 0.717) is 11.8 Å². The van der Waals surface area contributed by atoms with Crippen LogP contribution in [0.4, 0.5) is 5.82 Å². The van der Waals surface area contributed by atoms with E-state index in [1.165, 1.54) is 6.33 Å². The molecular weight excluding hydrogens is 226 g/mol. The zero-order valence-electron chi connectivity index (χ0n) is 9.96. The summed E-state index contributed by atoms with van der Waals surface area (Å²) in [6.45, 7) is 4.22. The number of anilines is 1. The first-order valence-corrected chi connectivity index (χ1v) is 5.93. The maximum Gasteiger partial charge on any atom is 0.218 e. The van der Waals surface area contributed by atoms with Crippen LogP contribution in [0.25, 0.3) is 0 Å². The second-order valence-corrected chi connectivity index (χ2v) is 3.96. The van der Waals surface area contributed by atoms with Crippen LogP contribution in [-0.4, -0.2) is 28.5 Å². The second-order valence-electron chi connectivity index (χ2n) is 3.69. The van der Waals surface area contributed by atoms with Crippen molar-refractivity contribution >= 4 is 17.4 Å². The Balaban J connectivity index is 2.84. The van der Waals surface area contributed by atoms with Gasteiger partial charge in [0.25, 0.3) is 0 Å². The predicted octanol–water partition coefficient (Wildman–Crippen LogP) is 2.69. The van der Waals surface area contributed by atoms with Gasteiger partial charge in [-0.25, -0.2) is 9.97 Å². The molecule has 1 aromatic heterocycles. The van der Waals surface area contributed by atoms with Gasteiger partial charge in [-0.05, 0) is 12.8 Å². The fourth-order valence-electron chi connectivity index (χ4n) is 1.44. The van der Waals surface area contributed by atoms with Crippen molar-refractivity contribution in [1.82, 2.24) is 9.97 Å². The number of nitrogens with zero attached hydrogens (tertiary/aromatic N) is 2. The number of alkyl halides is 1. The van der Waals surface area contributed by atoms with Gasteiger partial charge in [-0.2, -0.15) is 0 Å². The van der Waals surface area contributed by atoms with E-state index < -0.39 is 0 Å². The van der Waals surface area contributed by atoms with Crippen LogP contribution < -0.4 is 10.1 Å². The van der Waals surface area contributed by atoms with Crippen LogP contribution in [0.1, 0.15) is 26.7 Å². The molecule has 90 valence electrons. The molecule has 1 rings (SSSR count). The average molecular weight is 244 g/mol. The Morgan fingerprint density at radius 1 is 1.38 bits per heavy atom. The topological polar surface area (TPSA) is 47.0 Å². The molecule has 0 aliphatic rings. The van der Waals surface area contributed by atoms with E-state index in [1.807, 2.05) is 0 Å². The number of hydrogen-bond acceptors (Lipinski definition) is 4. The monoisotopic (exact) mass is 243 g/mol. The van der Waals surface area contributed by atoms with Crippen molar-refractivity contribution in [2.24, 2.45) is 0 Å². The third kappa shape index (κ3) is 2.98. The third-order valence-corrected chi connectivity index (χ3v) is 3.37. The first-order chi connectivity index (χ1) is 7.69. The third-order valence-electron chi connectivity index (χ3n) is 2.85. The first-order valence-electron chi connectivity index (χ1n) is 5.40. The van der Waals surface area contributed by atoms with Crippen LogP contribution in [0.5, 0.6) is 5.88 Å². The molecule has 0 spiro atoms. The molecular formula is C11H18ClN3O. The van der Waals surface area contributed by atoms with Crippen molar-refractivity contribution in [3.63, 3.8) is 0 Å². The fraction of sp³-hybridized carbons (Fsp3) is 0.636. The number of nitrogens with one attached hydrogen (secondary N) is 1. The molecule has 0 aromatic carbocycles. The van der Waals surface area contributed by atoms with E-state index in [1.54, 1.807) is 13.2 Å². The van der Waals surface area contributed by atoms with Crippen LogP contribution in [-0.2, 0) is 0 Å². The second kappa shape index (κ2) is 5.89. The molecule has 1 aromatic rings. The molecule has 0 fully saturated rings. The van der Waals surface area contributed by atoms with Crippen molar-refractivity contribution in [2.45, 2.75) is 32.2 Å². The molecule has 4 nitrogen and oxygen atoms in total. The van der Waals surface area contributed by atoms with Crippen molar-refractivity contribution in [3.8, 4) is 5.88 Å². The first kappa shape index (κ1) is 13.0. The van der Waals surface area contributed by atoms with Crippen LogP contribution in [0.15, 0.2) is 12.4 Å². The van der Waals surface area contributed by atoms with Gasteiger partial charge in [0.2, 0.25) is 5.88 Å². The smallest absolute Gasteiger partial charge is 0.218 e. The van der Waals surface area contributed by atoms with Crippen molar-refractivity contribution in [2.75, 3.05) is 18.3 Å². The van der Waals surface area contributed by atoms with E-state index >= 15 is 0 Å². The Hall–Kier alpha value is -1.03. The van der Waals surface area contributed by atoms with Gasteiger partial charge in [0.05, 0.1) is 12.6 Å². The summed E-state index contributed by atoms with van der Waals surface area (Å²) >= 11 is 6.01. The van der Waals surface area contributed by atoms with Crippen molar-refractivity contribution in [1.29, 1.82) is 0 Å². The molecule has 0 saturated heterocycles. The maximum atomic E-state index is 6.01. The molecule has 0 atom stereocenters. The van der Waals surface area contributed by atoms with Crippen LogP contribution in [0.3, 0.4) is 0 Å². The molecule has 0 radical (unpaired) electrons. The van der Waals surface area contributed by atoms with Gasteiger partial charge in [0, 0.05) is 11.9 Å². The predicted molar refractivity (Wildman–Crippen MR) is 66.2 cm³/mol. The van der Waals surface area contributed by atoms with Gasteiger partial charge in [0.15, 0.2) is 0 Å². The Labute approximate surface area is 101 Å². The minimum Gasteiger partial charge on any atom is -0.481 e. The fourth-order valence-corrected chi connectivity index (χ4v) is 1.89. The number of hydrogen-bond donors (Lipinski definition) is 1. The molecule has 1 N–H and O–H groups in total. The highest BCUT2D eigenvalue weighted by molar-refractivity contribution is 6.18. The standard InChI is InChI=1S/C11H18ClN3O/c1-4-11(5-2,7-12)15-9-6-10(16-3)14-8-13-9/h6,8H,4-5,7H2,1-3H3,(H,13,14,15). The lowest BCUT2D eigenvalue weighted by atomic mass is 9.95. The van der Waals surface area contributed by atoms with E-state index in [0.717, 1.165) is 18.7 Å². The highest BCUT2D eigenvalue weighted by Crippen LogP contribution is 2.23. The van der Waals surface area contributed by atoms with Gasteiger partial charge in [-0.15, -0.1) is 11.6 Å². The molecule has 1 heterocycles. The molecule has 16 heavy (non-hydrogen) atoms. The largest absolute Gasteiger partial charge is 0.481 e. The number of rotatable bonds is 6. The van der Waals surface area contributed by atoms with Gasteiger partial charge < -0.3 is 10.1 Å². The summed E-state index contributed by atoms with van der Waals surface area (Å²) in [5.41, 5.74) is -0.110. The molecule has 0 bridgehead atoms. The molecule has 0 aliphatic carbocycles. The number of methoxy groups -OCH3 is 1. The molecule has 5 heteroatoms. The summed E-state index contributed by atoms with van der Waals surface area (Å²) in [4.78, 5) is 8.11. The lowest BCUT2D eigenvalue weighted by molar-refractivity contribution is 0.396. The van der Waals surface area contributed by atoms with Crippen LogP contribution in [0.2, 0.25) is 0 Å².